The Morgan fingerprint density at radius 2 is 0.846 bits per heavy atom. The summed E-state index contributed by atoms with van der Waals surface area (Å²) in [6.45, 7) is 4.83. The fourth-order valence-electron chi connectivity index (χ4n) is 3.25. The van der Waals surface area contributed by atoms with Gasteiger partial charge in [-0.05, 0) is 12.8 Å². The molecule has 0 heterocycles. The maximum Gasteiger partial charge on any atom is 0.267 e. The Hall–Kier alpha value is -0.0900. The zero-order valence-corrected chi connectivity index (χ0v) is 18.6. The van der Waals surface area contributed by atoms with Crippen LogP contribution in [0.3, 0.4) is 0 Å². The van der Waals surface area contributed by atoms with Gasteiger partial charge in [-0.15, -0.1) is 0 Å². The van der Waals surface area contributed by atoms with Crippen molar-refractivity contribution in [3.05, 3.63) is 0 Å². The fraction of sp³-hybridized carbons (Fsp3) is 1.00. The monoisotopic (exact) mass is 390 g/mol. The maximum absolute atomic E-state index is 11.8. The second-order valence-corrected chi connectivity index (χ2v) is 9.50. The molecule has 0 aromatic rings. The maximum atomic E-state index is 11.8. The van der Waals surface area contributed by atoms with Crippen LogP contribution in [-0.2, 0) is 14.3 Å². The molecule has 26 heavy (non-hydrogen) atoms. The highest BCUT2D eigenvalue weighted by Crippen LogP contribution is 2.12. The molecule has 0 saturated carbocycles. The normalized spacial score (nSPS) is 11.9. The van der Waals surface area contributed by atoms with Gasteiger partial charge in [0.05, 0.1) is 12.4 Å². The average molecular weight is 391 g/mol. The van der Waals surface area contributed by atoms with Crippen molar-refractivity contribution < 1.29 is 12.6 Å². The first-order chi connectivity index (χ1) is 12.6. The highest BCUT2D eigenvalue weighted by molar-refractivity contribution is 7.86. The topological polar surface area (TPSA) is 43.4 Å². The van der Waals surface area contributed by atoms with E-state index in [-0.39, 0.29) is 5.75 Å². The lowest BCUT2D eigenvalue weighted by molar-refractivity contribution is 0.305. The Labute approximate surface area is 164 Å². The standard InChI is InChI=1S/C22H46O3S/c1-3-5-7-9-11-12-13-14-15-17-19-21-25-26(23,24)22-20-18-16-10-8-6-4-2/h3-22H2,1-2H3. The predicted molar refractivity (Wildman–Crippen MR) is 114 cm³/mol. The molecule has 3 nitrogen and oxygen atoms in total. The van der Waals surface area contributed by atoms with Gasteiger partial charge in [0, 0.05) is 0 Å². The quantitative estimate of drug-likeness (QED) is 0.151. The Morgan fingerprint density at radius 3 is 1.27 bits per heavy atom. The van der Waals surface area contributed by atoms with E-state index in [4.69, 9.17) is 4.18 Å². The van der Waals surface area contributed by atoms with Crippen LogP contribution in [0.5, 0.6) is 0 Å². The summed E-state index contributed by atoms with van der Waals surface area (Å²) in [5, 5.41) is 0. The smallest absolute Gasteiger partial charge is 0.267 e. The Balaban J connectivity index is 3.32. The third kappa shape index (κ3) is 20.2. The highest BCUT2D eigenvalue weighted by atomic mass is 32.2. The summed E-state index contributed by atoms with van der Waals surface area (Å²) in [7, 11) is -3.29. The molecular weight excluding hydrogens is 344 g/mol. The average Bonchev–Trinajstić information content (AvgIpc) is 2.62. The number of rotatable bonds is 21. The molecule has 0 unspecified atom stereocenters. The highest BCUT2D eigenvalue weighted by Gasteiger charge is 2.10. The minimum absolute atomic E-state index is 0.193. The Bertz CT molecular complexity index is 366. The van der Waals surface area contributed by atoms with Crippen molar-refractivity contribution in [3.8, 4) is 0 Å². The van der Waals surface area contributed by atoms with E-state index in [1.807, 2.05) is 0 Å². The van der Waals surface area contributed by atoms with E-state index in [1.165, 1.54) is 83.5 Å². The molecule has 4 heteroatoms. The molecule has 0 aliphatic heterocycles. The lowest BCUT2D eigenvalue weighted by Crippen LogP contribution is -2.11. The first kappa shape index (κ1) is 25.9. The van der Waals surface area contributed by atoms with Crippen LogP contribution in [0.25, 0.3) is 0 Å². The molecule has 0 aromatic heterocycles. The van der Waals surface area contributed by atoms with Gasteiger partial charge in [0.15, 0.2) is 0 Å². The van der Waals surface area contributed by atoms with E-state index in [1.54, 1.807) is 0 Å². The second-order valence-electron chi connectivity index (χ2n) is 7.74. The third-order valence-electron chi connectivity index (χ3n) is 5.01. The second kappa shape index (κ2) is 19.7. The van der Waals surface area contributed by atoms with Crippen molar-refractivity contribution >= 4 is 10.1 Å². The van der Waals surface area contributed by atoms with Crippen molar-refractivity contribution in [1.82, 2.24) is 0 Å². The molecule has 0 N–H and O–H groups in total. The predicted octanol–water partition coefficient (Wildman–Crippen LogP) is 7.39. The van der Waals surface area contributed by atoms with Gasteiger partial charge in [-0.1, -0.05) is 117 Å². The van der Waals surface area contributed by atoms with Crippen molar-refractivity contribution in [2.75, 3.05) is 12.4 Å². The molecule has 0 saturated heterocycles. The van der Waals surface area contributed by atoms with Gasteiger partial charge in [0.2, 0.25) is 0 Å². The summed E-state index contributed by atoms with van der Waals surface area (Å²) in [4.78, 5) is 0. The molecule has 0 amide bonds. The Kier molecular flexibility index (Phi) is 19.6. The van der Waals surface area contributed by atoms with E-state index < -0.39 is 10.1 Å². The number of unbranched alkanes of at least 4 members (excludes halogenated alkanes) is 16. The van der Waals surface area contributed by atoms with Crippen LogP contribution < -0.4 is 0 Å². The molecule has 0 fully saturated rings. The number of hydrogen-bond donors (Lipinski definition) is 0. The summed E-state index contributed by atoms with van der Waals surface area (Å²) in [5.74, 6) is 0.193. The molecule has 158 valence electrons. The molecule has 0 radical (unpaired) electrons. The minimum atomic E-state index is -3.29. The van der Waals surface area contributed by atoms with Gasteiger partial charge in [0.25, 0.3) is 10.1 Å². The molecule has 0 spiro atoms. The molecule has 0 bridgehead atoms. The van der Waals surface area contributed by atoms with Crippen LogP contribution >= 0.6 is 0 Å². The van der Waals surface area contributed by atoms with Crippen molar-refractivity contribution in [2.24, 2.45) is 0 Å². The minimum Gasteiger partial charge on any atom is -0.270 e. The first-order valence-corrected chi connectivity index (χ1v) is 13.1. The molecule has 0 aliphatic carbocycles. The SMILES string of the molecule is CCCCCCCCCCCCCOS(=O)(=O)CCCCCCCCC. The van der Waals surface area contributed by atoms with Crippen LogP contribution in [0, 0.1) is 0 Å². The zero-order valence-electron chi connectivity index (χ0n) is 17.8. The molecule has 0 atom stereocenters. The van der Waals surface area contributed by atoms with Crippen LogP contribution in [0.1, 0.15) is 129 Å². The number of hydrogen-bond acceptors (Lipinski definition) is 3. The van der Waals surface area contributed by atoms with Gasteiger partial charge in [0.1, 0.15) is 0 Å². The lowest BCUT2D eigenvalue weighted by atomic mass is 10.1. The van der Waals surface area contributed by atoms with E-state index in [2.05, 4.69) is 13.8 Å². The molecule has 0 aliphatic rings. The summed E-state index contributed by atoms with van der Waals surface area (Å²) in [6.07, 6.45) is 21.9. The summed E-state index contributed by atoms with van der Waals surface area (Å²) < 4.78 is 28.8. The van der Waals surface area contributed by atoms with E-state index in [0.29, 0.717) is 6.61 Å². The first-order valence-electron chi connectivity index (χ1n) is 11.5. The van der Waals surface area contributed by atoms with E-state index >= 15 is 0 Å². The van der Waals surface area contributed by atoms with Gasteiger partial charge < -0.3 is 0 Å². The van der Waals surface area contributed by atoms with Gasteiger partial charge in [-0.2, -0.15) is 8.42 Å². The van der Waals surface area contributed by atoms with E-state index in [0.717, 1.165) is 32.1 Å². The van der Waals surface area contributed by atoms with Gasteiger partial charge in [-0.25, -0.2) is 0 Å². The largest absolute Gasteiger partial charge is 0.270 e. The van der Waals surface area contributed by atoms with E-state index in [9.17, 15) is 8.42 Å². The van der Waals surface area contributed by atoms with Crippen LogP contribution in [0.15, 0.2) is 0 Å². The summed E-state index contributed by atoms with van der Waals surface area (Å²) in [5.41, 5.74) is 0. The van der Waals surface area contributed by atoms with Gasteiger partial charge in [-0.3, -0.25) is 4.18 Å². The van der Waals surface area contributed by atoms with Crippen LogP contribution in [-0.4, -0.2) is 20.8 Å². The van der Waals surface area contributed by atoms with Crippen LogP contribution in [0.4, 0.5) is 0 Å². The Morgan fingerprint density at radius 1 is 0.500 bits per heavy atom. The van der Waals surface area contributed by atoms with Crippen molar-refractivity contribution in [3.63, 3.8) is 0 Å². The van der Waals surface area contributed by atoms with Gasteiger partial charge >= 0.3 is 0 Å². The summed E-state index contributed by atoms with van der Waals surface area (Å²) in [6, 6.07) is 0. The third-order valence-corrected chi connectivity index (χ3v) is 6.32. The van der Waals surface area contributed by atoms with Crippen molar-refractivity contribution in [1.29, 1.82) is 0 Å². The molecular formula is C22H46O3S. The molecule has 0 aromatic carbocycles. The summed E-state index contributed by atoms with van der Waals surface area (Å²) >= 11 is 0. The lowest BCUT2D eigenvalue weighted by Gasteiger charge is -2.06. The molecule has 0 rings (SSSR count). The van der Waals surface area contributed by atoms with Crippen LogP contribution in [0.2, 0.25) is 0 Å². The van der Waals surface area contributed by atoms with Crippen molar-refractivity contribution in [2.45, 2.75) is 129 Å². The zero-order chi connectivity index (χ0) is 19.3. The fourth-order valence-corrected chi connectivity index (χ4v) is 4.29.